The summed E-state index contributed by atoms with van der Waals surface area (Å²) < 4.78 is 44.9. The highest BCUT2D eigenvalue weighted by atomic mass is 32.2. The summed E-state index contributed by atoms with van der Waals surface area (Å²) in [7, 11) is -2.14. The Morgan fingerprint density at radius 1 is 0.979 bits per heavy atom. The van der Waals surface area contributed by atoms with Crippen molar-refractivity contribution in [2.75, 3.05) is 52.2 Å². The van der Waals surface area contributed by atoms with Gasteiger partial charge >= 0.3 is 5.97 Å². The SMILES string of the molecule is CN1C(=O)[C@H](CCN2CCOCC2)NC(=O)[C@@H](N2CCCS2(=O)=O)Cc2cccc(c2)Oc2cccc(c2)C[C@H]1C(=O)OC(C)(C)C. The molecule has 3 aliphatic heterocycles. The zero-order chi connectivity index (χ0) is 33.8. The molecule has 1 N–H and O–H groups in total. The molecule has 4 bridgehead atoms. The molecule has 3 atom stereocenters. The lowest BCUT2D eigenvalue weighted by atomic mass is 10.0. The van der Waals surface area contributed by atoms with E-state index in [9.17, 15) is 22.8 Å². The number of sulfonamides is 1. The van der Waals surface area contributed by atoms with Crippen LogP contribution in [0.4, 0.5) is 0 Å². The molecule has 5 rings (SSSR count). The van der Waals surface area contributed by atoms with Crippen molar-refractivity contribution in [2.24, 2.45) is 0 Å². The van der Waals surface area contributed by atoms with Crippen LogP contribution in [0.1, 0.15) is 44.7 Å². The molecule has 0 saturated carbocycles. The third-order valence-corrected chi connectivity index (χ3v) is 10.6. The maximum absolute atomic E-state index is 14.4. The highest BCUT2D eigenvalue weighted by Gasteiger charge is 2.41. The number of nitrogens with one attached hydrogen (secondary N) is 1. The normalized spacial score (nSPS) is 24.8. The van der Waals surface area contributed by atoms with Gasteiger partial charge in [0.1, 0.15) is 35.2 Å². The van der Waals surface area contributed by atoms with E-state index in [1.54, 1.807) is 52.1 Å². The van der Waals surface area contributed by atoms with E-state index in [0.717, 1.165) is 5.56 Å². The summed E-state index contributed by atoms with van der Waals surface area (Å²) >= 11 is 0. The van der Waals surface area contributed by atoms with Gasteiger partial charge in [0.25, 0.3) is 0 Å². The van der Waals surface area contributed by atoms with Crippen molar-refractivity contribution in [1.82, 2.24) is 19.4 Å². The van der Waals surface area contributed by atoms with E-state index in [0.29, 0.717) is 56.3 Å². The minimum Gasteiger partial charge on any atom is -0.458 e. The smallest absolute Gasteiger partial charge is 0.329 e. The number of rotatable bonds is 5. The van der Waals surface area contributed by atoms with Gasteiger partial charge in [-0.2, -0.15) is 4.31 Å². The number of nitrogens with zero attached hydrogens (tertiary/aromatic N) is 3. The number of hydrogen-bond donors (Lipinski definition) is 1. The van der Waals surface area contributed by atoms with E-state index < -0.39 is 51.5 Å². The van der Waals surface area contributed by atoms with Gasteiger partial charge in [-0.25, -0.2) is 13.2 Å². The molecular formula is C34H46N4O8S. The van der Waals surface area contributed by atoms with E-state index in [4.69, 9.17) is 14.2 Å². The van der Waals surface area contributed by atoms with Gasteiger partial charge in [-0.15, -0.1) is 0 Å². The molecule has 2 amide bonds. The summed E-state index contributed by atoms with van der Waals surface area (Å²) in [5.41, 5.74) is 0.672. The number of morpholine rings is 1. The Balaban J connectivity index is 1.56. The van der Waals surface area contributed by atoms with Crippen LogP contribution in [-0.2, 0) is 46.7 Å². The van der Waals surface area contributed by atoms with Crippen LogP contribution < -0.4 is 10.1 Å². The second kappa shape index (κ2) is 14.7. The van der Waals surface area contributed by atoms with Gasteiger partial charge in [0.05, 0.1) is 19.0 Å². The number of carbonyl (C=O) groups is 3. The third-order valence-electron chi connectivity index (χ3n) is 8.63. The largest absolute Gasteiger partial charge is 0.458 e. The molecular weight excluding hydrogens is 624 g/mol. The van der Waals surface area contributed by atoms with E-state index in [1.807, 2.05) is 24.3 Å². The van der Waals surface area contributed by atoms with Crippen LogP contribution in [0.15, 0.2) is 48.5 Å². The van der Waals surface area contributed by atoms with E-state index >= 15 is 0 Å². The minimum absolute atomic E-state index is 0.0457. The Hall–Kier alpha value is -3.52. The Bertz CT molecular complexity index is 1550. The predicted molar refractivity (Wildman–Crippen MR) is 175 cm³/mol. The first kappa shape index (κ1) is 34.8. The fraction of sp³-hybridized carbons (Fsp3) is 0.559. The summed E-state index contributed by atoms with van der Waals surface area (Å²) in [6, 6.07) is 11.4. The molecule has 256 valence electrons. The Morgan fingerprint density at radius 2 is 1.62 bits per heavy atom. The van der Waals surface area contributed by atoms with Crippen LogP contribution in [0.2, 0.25) is 0 Å². The molecule has 3 heterocycles. The number of hydrogen-bond acceptors (Lipinski definition) is 9. The maximum atomic E-state index is 14.4. The maximum Gasteiger partial charge on any atom is 0.329 e. The molecule has 2 saturated heterocycles. The van der Waals surface area contributed by atoms with Gasteiger partial charge in [-0.3, -0.25) is 14.5 Å². The molecule has 3 aliphatic rings. The lowest BCUT2D eigenvalue weighted by molar-refractivity contribution is -0.164. The summed E-state index contributed by atoms with van der Waals surface area (Å²) in [6.07, 6.45) is 0.899. The van der Waals surface area contributed by atoms with E-state index in [-0.39, 0.29) is 31.6 Å². The Kier molecular flexibility index (Phi) is 10.9. The van der Waals surface area contributed by atoms with Gasteiger partial charge in [-0.05, 0) is 75.4 Å². The van der Waals surface area contributed by atoms with Crippen LogP contribution >= 0.6 is 0 Å². The Labute approximate surface area is 277 Å². The number of amides is 2. The summed E-state index contributed by atoms with van der Waals surface area (Å²) in [5.74, 6) is -0.602. The van der Waals surface area contributed by atoms with Gasteiger partial charge in [-0.1, -0.05) is 24.3 Å². The topological polar surface area (TPSA) is 135 Å². The molecule has 2 aromatic carbocycles. The van der Waals surface area contributed by atoms with Crippen LogP contribution in [-0.4, -0.2) is 116 Å². The molecule has 13 heteroatoms. The number of benzene rings is 2. The quantitative estimate of drug-likeness (QED) is 0.476. The molecule has 12 nitrogen and oxygen atoms in total. The molecule has 0 radical (unpaired) electrons. The minimum atomic E-state index is -3.68. The second-order valence-corrected chi connectivity index (χ2v) is 15.4. The molecule has 0 aliphatic carbocycles. The zero-order valence-corrected chi connectivity index (χ0v) is 28.5. The van der Waals surface area contributed by atoms with Gasteiger partial charge < -0.3 is 24.4 Å². The average molecular weight is 671 g/mol. The highest BCUT2D eigenvalue weighted by Crippen LogP contribution is 2.27. The summed E-state index contributed by atoms with van der Waals surface area (Å²) in [6.45, 7) is 8.53. The monoisotopic (exact) mass is 670 g/mol. The van der Waals surface area contributed by atoms with E-state index in [1.165, 1.54) is 9.21 Å². The molecule has 0 unspecified atom stereocenters. The van der Waals surface area contributed by atoms with Crippen molar-refractivity contribution in [3.8, 4) is 11.5 Å². The molecule has 47 heavy (non-hydrogen) atoms. The van der Waals surface area contributed by atoms with Gasteiger partial charge in [0, 0.05) is 39.6 Å². The van der Waals surface area contributed by atoms with Crippen molar-refractivity contribution < 1.29 is 37.0 Å². The van der Waals surface area contributed by atoms with Crippen molar-refractivity contribution in [3.63, 3.8) is 0 Å². The lowest BCUT2D eigenvalue weighted by Gasteiger charge is -2.34. The van der Waals surface area contributed by atoms with Crippen molar-refractivity contribution >= 4 is 27.8 Å². The number of fused-ring (bicyclic) bond motifs is 4. The zero-order valence-electron chi connectivity index (χ0n) is 27.6. The van der Waals surface area contributed by atoms with Gasteiger partial charge in [0.2, 0.25) is 21.8 Å². The lowest BCUT2D eigenvalue weighted by Crippen LogP contribution is -2.58. The summed E-state index contributed by atoms with van der Waals surface area (Å²) in [5, 5.41) is 2.93. The molecule has 0 spiro atoms. The van der Waals surface area contributed by atoms with Crippen LogP contribution in [0.25, 0.3) is 0 Å². The standard InChI is InChI=1S/C34H46N4O8S/c1-34(2,3)46-33(41)30-23-25-9-6-11-27(21-25)45-26-10-5-8-24(20-26)22-29(38-13-7-19-47(38,42)43)31(39)35-28(32(40)36(30)4)12-14-37-15-17-44-18-16-37/h5-6,8-11,20-21,28-30H,7,12-19,22-23H2,1-4H3,(H,35,39)/t28-,29-,30-/m0/s1. The Morgan fingerprint density at radius 3 is 2.21 bits per heavy atom. The first-order chi connectivity index (χ1) is 22.3. The fourth-order valence-corrected chi connectivity index (χ4v) is 7.89. The second-order valence-electron chi connectivity index (χ2n) is 13.4. The molecule has 2 fully saturated rings. The number of carbonyl (C=O) groups excluding carboxylic acids is 3. The number of esters is 1. The van der Waals surface area contributed by atoms with Gasteiger partial charge in [0.15, 0.2) is 0 Å². The average Bonchev–Trinajstić information content (AvgIpc) is 3.37. The van der Waals surface area contributed by atoms with Crippen molar-refractivity contribution in [2.45, 2.75) is 70.2 Å². The van der Waals surface area contributed by atoms with E-state index in [2.05, 4.69) is 10.2 Å². The first-order valence-electron chi connectivity index (χ1n) is 16.2. The summed E-state index contributed by atoms with van der Waals surface area (Å²) in [4.78, 5) is 45.7. The third kappa shape index (κ3) is 9.10. The highest BCUT2D eigenvalue weighted by molar-refractivity contribution is 7.89. The molecule has 0 aromatic heterocycles. The molecule has 2 aromatic rings. The van der Waals surface area contributed by atoms with Crippen molar-refractivity contribution in [3.05, 3.63) is 59.7 Å². The fourth-order valence-electron chi connectivity index (χ4n) is 6.20. The number of likely N-dealkylation sites (N-methyl/N-ethyl adjacent to an activating group) is 1. The predicted octanol–water partition coefficient (Wildman–Crippen LogP) is 2.36. The van der Waals surface area contributed by atoms with Crippen LogP contribution in [0, 0.1) is 0 Å². The van der Waals surface area contributed by atoms with Crippen molar-refractivity contribution in [1.29, 1.82) is 0 Å². The number of ether oxygens (including phenoxy) is 3. The first-order valence-corrected chi connectivity index (χ1v) is 17.9. The van der Waals surface area contributed by atoms with Crippen LogP contribution in [0.5, 0.6) is 11.5 Å². The van der Waals surface area contributed by atoms with Crippen LogP contribution in [0.3, 0.4) is 0 Å².